The average molecular weight is 326 g/mol. The molecule has 1 aromatic rings. The smallest absolute Gasteiger partial charge is 0.228 e. The van der Waals surface area contributed by atoms with Crippen LogP contribution in [-0.2, 0) is 9.59 Å². The summed E-state index contributed by atoms with van der Waals surface area (Å²) >= 11 is 0. The molecule has 0 saturated carbocycles. The molecule has 1 aliphatic heterocycles. The molecular formula is C16H24ClN3O2. The summed E-state index contributed by atoms with van der Waals surface area (Å²) < 4.78 is 0. The lowest BCUT2D eigenvalue weighted by Crippen LogP contribution is -2.44. The molecule has 0 fully saturated rings. The standard InChI is InChI=1S/C16H23N3O2.ClH/c1-10(2)7-11(9-17)18-16(21)13-8-15(20)19-14-6-4-3-5-12(13)14;/h3-6,10-11,13H,7-9,17H2,1-2H3,(H,18,21)(H,19,20);1H. The lowest BCUT2D eigenvalue weighted by atomic mass is 9.89. The zero-order chi connectivity index (χ0) is 15.4. The second-order valence-corrected chi connectivity index (χ2v) is 5.96. The third kappa shape index (κ3) is 4.45. The number of hydrogen-bond donors (Lipinski definition) is 3. The molecule has 1 aromatic carbocycles. The molecule has 0 aliphatic carbocycles. The Balaban J connectivity index is 0.00000242. The number of anilines is 1. The van der Waals surface area contributed by atoms with Crippen molar-refractivity contribution in [2.24, 2.45) is 11.7 Å². The summed E-state index contributed by atoms with van der Waals surface area (Å²) in [6, 6.07) is 7.39. The Labute approximate surface area is 137 Å². The van der Waals surface area contributed by atoms with E-state index in [2.05, 4.69) is 24.5 Å². The summed E-state index contributed by atoms with van der Waals surface area (Å²) in [4.78, 5) is 24.3. The Morgan fingerprint density at radius 3 is 2.73 bits per heavy atom. The number of carbonyl (C=O) groups excluding carboxylic acids is 2. The Bertz CT molecular complexity index is 534. The van der Waals surface area contributed by atoms with Gasteiger partial charge in [-0.2, -0.15) is 0 Å². The number of nitrogens with one attached hydrogen (secondary N) is 2. The lowest BCUT2D eigenvalue weighted by molar-refractivity contribution is -0.126. The average Bonchev–Trinajstić information content (AvgIpc) is 2.44. The molecule has 4 N–H and O–H groups in total. The van der Waals surface area contributed by atoms with E-state index in [1.807, 2.05) is 24.3 Å². The third-order valence-electron chi connectivity index (χ3n) is 3.70. The van der Waals surface area contributed by atoms with Crippen LogP contribution < -0.4 is 16.4 Å². The van der Waals surface area contributed by atoms with Gasteiger partial charge in [0, 0.05) is 24.7 Å². The van der Waals surface area contributed by atoms with Crippen LogP contribution in [0.2, 0.25) is 0 Å². The summed E-state index contributed by atoms with van der Waals surface area (Å²) in [5.74, 6) is -0.215. The van der Waals surface area contributed by atoms with Crippen molar-refractivity contribution in [3.63, 3.8) is 0 Å². The Morgan fingerprint density at radius 2 is 2.09 bits per heavy atom. The highest BCUT2D eigenvalue weighted by Crippen LogP contribution is 2.32. The Kier molecular flexibility index (Phi) is 6.84. The van der Waals surface area contributed by atoms with E-state index in [0.717, 1.165) is 17.7 Å². The van der Waals surface area contributed by atoms with E-state index in [9.17, 15) is 9.59 Å². The summed E-state index contributed by atoms with van der Waals surface area (Å²) in [7, 11) is 0. The van der Waals surface area contributed by atoms with Crippen LogP contribution in [0.1, 0.15) is 38.2 Å². The van der Waals surface area contributed by atoms with E-state index in [1.54, 1.807) is 0 Å². The monoisotopic (exact) mass is 325 g/mol. The van der Waals surface area contributed by atoms with Gasteiger partial charge < -0.3 is 16.4 Å². The number of rotatable bonds is 5. The third-order valence-corrected chi connectivity index (χ3v) is 3.70. The molecule has 2 atom stereocenters. The van der Waals surface area contributed by atoms with Crippen LogP contribution in [0.5, 0.6) is 0 Å². The van der Waals surface area contributed by atoms with Crippen LogP contribution in [0.3, 0.4) is 0 Å². The van der Waals surface area contributed by atoms with E-state index in [1.165, 1.54) is 0 Å². The van der Waals surface area contributed by atoms with Gasteiger partial charge in [-0.25, -0.2) is 0 Å². The van der Waals surface area contributed by atoms with Crippen LogP contribution in [0.15, 0.2) is 24.3 Å². The van der Waals surface area contributed by atoms with Crippen LogP contribution in [0.25, 0.3) is 0 Å². The summed E-state index contributed by atoms with van der Waals surface area (Å²) in [6.07, 6.45) is 1.02. The Hall–Kier alpha value is -1.59. The van der Waals surface area contributed by atoms with Gasteiger partial charge in [0.05, 0.1) is 5.92 Å². The van der Waals surface area contributed by atoms with Gasteiger partial charge in [0.2, 0.25) is 11.8 Å². The SMILES string of the molecule is CC(C)CC(CN)NC(=O)C1CC(=O)Nc2ccccc21.Cl. The second-order valence-electron chi connectivity index (χ2n) is 5.96. The number of nitrogens with two attached hydrogens (primary N) is 1. The van der Waals surface area contributed by atoms with Crippen molar-refractivity contribution in [3.8, 4) is 0 Å². The van der Waals surface area contributed by atoms with E-state index in [4.69, 9.17) is 5.73 Å². The highest BCUT2D eigenvalue weighted by atomic mass is 35.5. The molecule has 0 radical (unpaired) electrons. The van der Waals surface area contributed by atoms with Gasteiger partial charge in [0.25, 0.3) is 0 Å². The maximum absolute atomic E-state index is 12.5. The molecule has 22 heavy (non-hydrogen) atoms. The first-order valence-electron chi connectivity index (χ1n) is 7.40. The van der Waals surface area contributed by atoms with Gasteiger partial charge in [-0.05, 0) is 24.0 Å². The van der Waals surface area contributed by atoms with Gasteiger partial charge in [-0.15, -0.1) is 12.4 Å². The molecule has 1 heterocycles. The highest BCUT2D eigenvalue weighted by Gasteiger charge is 2.31. The molecule has 0 saturated heterocycles. The molecule has 2 rings (SSSR count). The maximum Gasteiger partial charge on any atom is 0.228 e. The number of hydrogen-bond acceptors (Lipinski definition) is 3. The van der Waals surface area contributed by atoms with Crippen LogP contribution in [0.4, 0.5) is 5.69 Å². The van der Waals surface area contributed by atoms with Crippen LogP contribution in [0, 0.1) is 5.92 Å². The molecule has 6 heteroatoms. The lowest BCUT2D eigenvalue weighted by Gasteiger charge is -2.27. The fourth-order valence-corrected chi connectivity index (χ4v) is 2.73. The van der Waals surface area contributed by atoms with Crippen molar-refractivity contribution >= 4 is 29.9 Å². The quantitative estimate of drug-likeness (QED) is 0.774. The fraction of sp³-hybridized carbons (Fsp3) is 0.500. The van der Waals surface area contributed by atoms with Gasteiger partial charge >= 0.3 is 0 Å². The Morgan fingerprint density at radius 1 is 1.41 bits per heavy atom. The summed E-state index contributed by atoms with van der Waals surface area (Å²) in [5, 5.41) is 5.79. The van der Waals surface area contributed by atoms with Crippen molar-refractivity contribution in [1.82, 2.24) is 5.32 Å². The van der Waals surface area contributed by atoms with Crippen LogP contribution in [-0.4, -0.2) is 24.4 Å². The van der Waals surface area contributed by atoms with E-state index < -0.39 is 5.92 Å². The molecule has 2 amide bonds. The van der Waals surface area contributed by atoms with Gasteiger partial charge in [0.15, 0.2) is 0 Å². The number of halogens is 1. The van der Waals surface area contributed by atoms with Crippen LogP contribution >= 0.6 is 12.4 Å². The number of carbonyl (C=O) groups is 2. The first-order chi connectivity index (χ1) is 10.0. The largest absolute Gasteiger partial charge is 0.352 e. The minimum Gasteiger partial charge on any atom is -0.352 e. The predicted octanol–water partition coefficient (Wildman–Crippen LogP) is 2.02. The highest BCUT2D eigenvalue weighted by molar-refractivity contribution is 6.01. The van der Waals surface area contributed by atoms with Crippen molar-refractivity contribution in [2.75, 3.05) is 11.9 Å². The molecule has 0 aromatic heterocycles. The summed E-state index contributed by atoms with van der Waals surface area (Å²) in [6.45, 7) is 4.60. The van der Waals surface area contributed by atoms with E-state index >= 15 is 0 Å². The normalized spacial score (nSPS) is 18.0. The summed E-state index contributed by atoms with van der Waals surface area (Å²) in [5.41, 5.74) is 7.32. The van der Waals surface area contributed by atoms with E-state index in [0.29, 0.717) is 12.5 Å². The first kappa shape index (κ1) is 18.5. The molecule has 0 bridgehead atoms. The fourth-order valence-electron chi connectivity index (χ4n) is 2.73. The molecule has 122 valence electrons. The van der Waals surface area contributed by atoms with Gasteiger partial charge in [-0.3, -0.25) is 9.59 Å². The minimum atomic E-state index is -0.434. The van der Waals surface area contributed by atoms with Gasteiger partial charge in [0.1, 0.15) is 0 Å². The predicted molar refractivity (Wildman–Crippen MR) is 90.1 cm³/mol. The zero-order valence-electron chi connectivity index (χ0n) is 13.0. The molecule has 5 nitrogen and oxygen atoms in total. The zero-order valence-corrected chi connectivity index (χ0v) is 13.8. The maximum atomic E-state index is 12.5. The topological polar surface area (TPSA) is 84.2 Å². The van der Waals surface area contributed by atoms with Crippen molar-refractivity contribution in [1.29, 1.82) is 0 Å². The first-order valence-corrected chi connectivity index (χ1v) is 7.40. The minimum absolute atomic E-state index is 0. The molecule has 0 spiro atoms. The van der Waals surface area contributed by atoms with Crippen molar-refractivity contribution in [3.05, 3.63) is 29.8 Å². The molecule has 2 unspecified atom stereocenters. The van der Waals surface area contributed by atoms with Crippen molar-refractivity contribution < 1.29 is 9.59 Å². The second kappa shape index (κ2) is 8.15. The van der Waals surface area contributed by atoms with Gasteiger partial charge in [-0.1, -0.05) is 32.0 Å². The number of amides is 2. The number of fused-ring (bicyclic) bond motifs is 1. The number of benzene rings is 1. The molecule has 1 aliphatic rings. The van der Waals surface area contributed by atoms with E-state index in [-0.39, 0.29) is 36.7 Å². The molecular weight excluding hydrogens is 302 g/mol. The number of para-hydroxylation sites is 1. The van der Waals surface area contributed by atoms with Crippen molar-refractivity contribution in [2.45, 2.75) is 38.6 Å².